The van der Waals surface area contributed by atoms with Crippen molar-refractivity contribution in [3.8, 4) is 0 Å². The minimum absolute atomic E-state index is 0.455. The van der Waals surface area contributed by atoms with Crippen molar-refractivity contribution in [2.24, 2.45) is 0 Å². The zero-order valence-electron chi connectivity index (χ0n) is 9.87. The van der Waals surface area contributed by atoms with E-state index in [1.807, 2.05) is 0 Å². The molecule has 1 aliphatic carbocycles. The smallest absolute Gasteiger partial charge is 0.0712 e. The van der Waals surface area contributed by atoms with E-state index in [0.29, 0.717) is 6.10 Å². The van der Waals surface area contributed by atoms with E-state index in [-0.39, 0.29) is 0 Å². The van der Waals surface area contributed by atoms with Gasteiger partial charge in [-0.25, -0.2) is 0 Å². The Labute approximate surface area is 93.2 Å². The van der Waals surface area contributed by atoms with Crippen LogP contribution in [0, 0.1) is 0 Å². The van der Waals surface area contributed by atoms with Gasteiger partial charge in [0.15, 0.2) is 0 Å². The van der Waals surface area contributed by atoms with Gasteiger partial charge in [0.1, 0.15) is 0 Å². The molecule has 88 valence electrons. The molecule has 1 saturated heterocycles. The highest BCUT2D eigenvalue weighted by Gasteiger charge is 2.28. The summed E-state index contributed by atoms with van der Waals surface area (Å²) < 4.78 is 5.72. The summed E-state index contributed by atoms with van der Waals surface area (Å²) >= 11 is 0. The Morgan fingerprint density at radius 1 is 1.33 bits per heavy atom. The third-order valence-corrected chi connectivity index (χ3v) is 3.32. The summed E-state index contributed by atoms with van der Waals surface area (Å²) in [5, 5.41) is 3.39. The van der Waals surface area contributed by atoms with Crippen LogP contribution in [0.2, 0.25) is 0 Å². The van der Waals surface area contributed by atoms with E-state index in [0.717, 1.165) is 25.7 Å². The highest BCUT2D eigenvalue weighted by atomic mass is 16.5. The molecule has 1 saturated carbocycles. The first-order valence-corrected chi connectivity index (χ1v) is 6.46. The number of nitrogens with one attached hydrogen (secondary N) is 1. The molecule has 0 bridgehead atoms. The Morgan fingerprint density at radius 3 is 2.80 bits per heavy atom. The number of hydrogen-bond acceptors (Lipinski definition) is 3. The lowest BCUT2D eigenvalue weighted by Gasteiger charge is -2.27. The number of rotatable bonds is 6. The summed E-state index contributed by atoms with van der Waals surface area (Å²) in [4.78, 5) is 2.65. The van der Waals surface area contributed by atoms with Crippen LogP contribution in [-0.2, 0) is 4.74 Å². The summed E-state index contributed by atoms with van der Waals surface area (Å²) in [5.74, 6) is 0. The molecule has 1 N–H and O–H groups in total. The maximum absolute atomic E-state index is 5.72. The van der Waals surface area contributed by atoms with Crippen molar-refractivity contribution in [2.75, 3.05) is 32.8 Å². The fraction of sp³-hybridized carbons (Fsp3) is 1.00. The molecule has 0 amide bonds. The van der Waals surface area contributed by atoms with Crippen LogP contribution >= 0.6 is 0 Å². The topological polar surface area (TPSA) is 24.5 Å². The fourth-order valence-electron chi connectivity index (χ4n) is 2.32. The van der Waals surface area contributed by atoms with Gasteiger partial charge >= 0.3 is 0 Å². The van der Waals surface area contributed by atoms with Crippen molar-refractivity contribution in [2.45, 2.75) is 44.8 Å². The van der Waals surface area contributed by atoms with Crippen molar-refractivity contribution >= 4 is 0 Å². The van der Waals surface area contributed by atoms with Gasteiger partial charge < -0.3 is 15.0 Å². The van der Waals surface area contributed by atoms with Crippen LogP contribution in [0.15, 0.2) is 0 Å². The molecule has 0 radical (unpaired) electrons. The maximum atomic E-state index is 5.72. The Hall–Kier alpha value is -0.120. The van der Waals surface area contributed by atoms with Crippen molar-refractivity contribution in [1.29, 1.82) is 0 Å². The number of hydrogen-bond donors (Lipinski definition) is 1. The van der Waals surface area contributed by atoms with Crippen molar-refractivity contribution in [3.05, 3.63) is 0 Å². The largest absolute Gasteiger partial charge is 0.376 e. The van der Waals surface area contributed by atoms with E-state index in [1.165, 1.54) is 38.8 Å². The molecule has 0 spiro atoms. The highest BCUT2D eigenvalue weighted by Crippen LogP contribution is 2.27. The maximum Gasteiger partial charge on any atom is 0.0712 e. The Bertz CT molecular complexity index is 176. The predicted molar refractivity (Wildman–Crippen MR) is 62.1 cm³/mol. The van der Waals surface area contributed by atoms with Crippen LogP contribution in [0.1, 0.15) is 32.6 Å². The first kappa shape index (κ1) is 11.4. The lowest BCUT2D eigenvalue weighted by Crippen LogP contribution is -2.41. The molecular formula is C12H24N2O. The normalized spacial score (nSPS) is 27.2. The van der Waals surface area contributed by atoms with Gasteiger partial charge in [-0.05, 0) is 32.2 Å². The third-order valence-electron chi connectivity index (χ3n) is 3.32. The number of nitrogens with zero attached hydrogens (tertiary/aromatic N) is 1. The molecule has 0 aromatic heterocycles. The molecular weight excluding hydrogens is 188 g/mol. The van der Waals surface area contributed by atoms with Crippen molar-refractivity contribution in [1.82, 2.24) is 10.2 Å². The van der Waals surface area contributed by atoms with Crippen molar-refractivity contribution in [3.63, 3.8) is 0 Å². The molecule has 1 atom stereocenters. The quantitative estimate of drug-likeness (QED) is 0.717. The highest BCUT2D eigenvalue weighted by molar-refractivity contribution is 4.85. The fourth-order valence-corrected chi connectivity index (χ4v) is 2.32. The molecule has 2 fully saturated rings. The van der Waals surface area contributed by atoms with Gasteiger partial charge in [-0.3, -0.25) is 0 Å². The number of ether oxygens (including phenoxy) is 1. The van der Waals surface area contributed by atoms with Gasteiger partial charge in [0, 0.05) is 25.7 Å². The van der Waals surface area contributed by atoms with Crippen LogP contribution in [0.25, 0.3) is 0 Å². The summed E-state index contributed by atoms with van der Waals surface area (Å²) in [6, 6.07) is 0.904. The molecule has 0 aromatic rings. The molecule has 2 rings (SSSR count). The van der Waals surface area contributed by atoms with Gasteiger partial charge in [0.05, 0.1) is 12.7 Å². The monoisotopic (exact) mass is 212 g/mol. The summed E-state index contributed by atoms with van der Waals surface area (Å²) in [5.41, 5.74) is 0. The van der Waals surface area contributed by atoms with Gasteiger partial charge in [-0.15, -0.1) is 0 Å². The lowest BCUT2D eigenvalue weighted by atomic mass is 10.2. The standard InChI is InChI=1S/C12H24N2O/c1-2-7-14(11-3-4-11)8-5-12-10-13-6-9-15-12/h11-13H,2-10H2,1H3. The van der Waals surface area contributed by atoms with E-state index < -0.39 is 0 Å². The van der Waals surface area contributed by atoms with Gasteiger partial charge in [-0.1, -0.05) is 6.92 Å². The minimum atomic E-state index is 0.455. The van der Waals surface area contributed by atoms with Crippen LogP contribution in [0.3, 0.4) is 0 Å². The van der Waals surface area contributed by atoms with Gasteiger partial charge in [-0.2, -0.15) is 0 Å². The SMILES string of the molecule is CCCN(CCC1CNCCO1)C1CC1. The van der Waals surface area contributed by atoms with E-state index in [1.54, 1.807) is 0 Å². The molecule has 3 heteroatoms. The zero-order chi connectivity index (χ0) is 10.5. The molecule has 0 aromatic carbocycles. The second-order valence-corrected chi connectivity index (χ2v) is 4.75. The van der Waals surface area contributed by atoms with Crippen LogP contribution in [0.5, 0.6) is 0 Å². The van der Waals surface area contributed by atoms with Gasteiger partial charge in [0.25, 0.3) is 0 Å². The van der Waals surface area contributed by atoms with Crippen LogP contribution < -0.4 is 5.32 Å². The van der Waals surface area contributed by atoms with E-state index in [2.05, 4.69) is 17.1 Å². The number of morpholine rings is 1. The van der Waals surface area contributed by atoms with Crippen LogP contribution in [-0.4, -0.2) is 49.8 Å². The molecule has 3 nitrogen and oxygen atoms in total. The second kappa shape index (κ2) is 5.83. The summed E-state index contributed by atoms with van der Waals surface area (Å²) in [7, 11) is 0. The Balaban J connectivity index is 1.65. The average molecular weight is 212 g/mol. The Kier molecular flexibility index (Phi) is 4.42. The van der Waals surface area contributed by atoms with Crippen LogP contribution in [0.4, 0.5) is 0 Å². The molecule has 2 aliphatic rings. The zero-order valence-corrected chi connectivity index (χ0v) is 9.87. The second-order valence-electron chi connectivity index (χ2n) is 4.75. The van der Waals surface area contributed by atoms with E-state index in [9.17, 15) is 0 Å². The third kappa shape index (κ3) is 3.74. The first-order chi connectivity index (χ1) is 7.40. The molecule has 1 heterocycles. The molecule has 1 unspecified atom stereocenters. The predicted octanol–water partition coefficient (Wildman–Crippen LogP) is 1.24. The average Bonchev–Trinajstić information content (AvgIpc) is 3.09. The summed E-state index contributed by atoms with van der Waals surface area (Å²) in [6.45, 7) is 7.73. The molecule has 1 aliphatic heterocycles. The Morgan fingerprint density at radius 2 is 2.20 bits per heavy atom. The molecule has 15 heavy (non-hydrogen) atoms. The van der Waals surface area contributed by atoms with Crippen molar-refractivity contribution < 1.29 is 4.74 Å². The first-order valence-electron chi connectivity index (χ1n) is 6.46. The van der Waals surface area contributed by atoms with E-state index >= 15 is 0 Å². The summed E-state index contributed by atoms with van der Waals surface area (Å²) in [6.07, 6.45) is 5.77. The van der Waals surface area contributed by atoms with Gasteiger partial charge in [0.2, 0.25) is 0 Å². The lowest BCUT2D eigenvalue weighted by molar-refractivity contribution is 0.0169. The minimum Gasteiger partial charge on any atom is -0.376 e. The van der Waals surface area contributed by atoms with E-state index in [4.69, 9.17) is 4.74 Å².